The second-order valence-electron chi connectivity index (χ2n) is 6.36. The lowest BCUT2D eigenvalue weighted by atomic mass is 10.0. The fourth-order valence-corrected chi connectivity index (χ4v) is 3.09. The van der Waals surface area contributed by atoms with E-state index >= 15 is 0 Å². The SMILES string of the molecule is CCOC(=O)c1nn(CC)c(-c2ccc(CCCC(F)(F)F)cc2OC)c1C. The van der Waals surface area contributed by atoms with E-state index in [1.54, 1.807) is 36.7 Å². The van der Waals surface area contributed by atoms with E-state index in [0.717, 1.165) is 16.8 Å². The molecule has 0 bridgehead atoms. The third-order valence-electron chi connectivity index (χ3n) is 4.40. The van der Waals surface area contributed by atoms with Crippen molar-refractivity contribution in [1.82, 2.24) is 9.78 Å². The van der Waals surface area contributed by atoms with Crippen molar-refractivity contribution in [2.45, 2.75) is 52.8 Å². The Morgan fingerprint density at radius 1 is 1.25 bits per heavy atom. The highest BCUT2D eigenvalue weighted by Gasteiger charge is 2.26. The topological polar surface area (TPSA) is 53.3 Å². The highest BCUT2D eigenvalue weighted by Crippen LogP contribution is 2.35. The Morgan fingerprint density at radius 2 is 1.96 bits per heavy atom. The van der Waals surface area contributed by atoms with Crippen molar-refractivity contribution in [3.8, 4) is 17.0 Å². The molecule has 0 saturated carbocycles. The molecule has 0 aliphatic heterocycles. The summed E-state index contributed by atoms with van der Waals surface area (Å²) in [5.74, 6) is 0.0359. The summed E-state index contributed by atoms with van der Waals surface area (Å²) in [5.41, 5.74) is 3.13. The van der Waals surface area contributed by atoms with Gasteiger partial charge in [0.1, 0.15) is 5.75 Å². The number of carbonyl (C=O) groups is 1. The van der Waals surface area contributed by atoms with Gasteiger partial charge in [0.25, 0.3) is 0 Å². The van der Waals surface area contributed by atoms with Crippen LogP contribution >= 0.6 is 0 Å². The van der Waals surface area contributed by atoms with Gasteiger partial charge < -0.3 is 9.47 Å². The highest BCUT2D eigenvalue weighted by atomic mass is 19.4. The van der Waals surface area contributed by atoms with Crippen LogP contribution in [0.5, 0.6) is 5.75 Å². The van der Waals surface area contributed by atoms with Crippen molar-refractivity contribution in [3.05, 3.63) is 35.0 Å². The third kappa shape index (κ3) is 5.05. The number of carbonyl (C=O) groups excluding carboxylic acids is 1. The second-order valence-corrected chi connectivity index (χ2v) is 6.36. The first-order chi connectivity index (χ1) is 13.2. The molecular weight excluding hydrogens is 373 g/mol. The summed E-state index contributed by atoms with van der Waals surface area (Å²) < 4.78 is 49.3. The van der Waals surface area contributed by atoms with Gasteiger partial charge in [0.05, 0.1) is 19.4 Å². The van der Waals surface area contributed by atoms with Crippen LogP contribution in [0.2, 0.25) is 0 Å². The molecule has 0 atom stereocenters. The normalized spacial score (nSPS) is 11.5. The summed E-state index contributed by atoms with van der Waals surface area (Å²) in [7, 11) is 1.51. The molecule has 0 fully saturated rings. The van der Waals surface area contributed by atoms with Crippen LogP contribution < -0.4 is 4.74 Å². The lowest BCUT2D eigenvalue weighted by Crippen LogP contribution is -2.07. The number of rotatable bonds is 8. The number of esters is 1. The number of ether oxygens (including phenoxy) is 2. The zero-order valence-electron chi connectivity index (χ0n) is 16.5. The Balaban J connectivity index is 2.38. The number of aromatic nitrogens is 2. The molecule has 2 aromatic rings. The van der Waals surface area contributed by atoms with E-state index in [1.807, 2.05) is 6.92 Å². The number of benzene rings is 1. The maximum atomic E-state index is 12.4. The van der Waals surface area contributed by atoms with Crippen LogP contribution in [0.15, 0.2) is 18.2 Å². The molecule has 5 nitrogen and oxygen atoms in total. The Hall–Kier alpha value is -2.51. The lowest BCUT2D eigenvalue weighted by molar-refractivity contribution is -0.135. The molecule has 0 amide bonds. The zero-order valence-corrected chi connectivity index (χ0v) is 16.5. The predicted octanol–water partition coefficient (Wildman–Crippen LogP) is 4.95. The van der Waals surface area contributed by atoms with Crippen LogP contribution in [0.1, 0.15) is 48.3 Å². The maximum absolute atomic E-state index is 12.4. The van der Waals surface area contributed by atoms with Crippen LogP contribution in [-0.4, -0.2) is 35.6 Å². The quantitative estimate of drug-likeness (QED) is 0.591. The molecule has 0 saturated heterocycles. The second kappa shape index (κ2) is 9.12. The van der Waals surface area contributed by atoms with Crippen molar-refractivity contribution in [2.24, 2.45) is 0 Å². The lowest BCUT2D eigenvalue weighted by Gasteiger charge is -2.13. The first-order valence-electron chi connectivity index (χ1n) is 9.20. The van der Waals surface area contributed by atoms with Crippen molar-refractivity contribution in [1.29, 1.82) is 0 Å². The van der Waals surface area contributed by atoms with Gasteiger partial charge in [-0.1, -0.05) is 6.07 Å². The minimum absolute atomic E-state index is 0.0188. The van der Waals surface area contributed by atoms with Crippen LogP contribution in [-0.2, 0) is 17.7 Å². The van der Waals surface area contributed by atoms with Gasteiger partial charge in [-0.25, -0.2) is 4.79 Å². The average molecular weight is 398 g/mol. The van der Waals surface area contributed by atoms with Crippen molar-refractivity contribution < 1.29 is 27.4 Å². The average Bonchev–Trinajstić information content (AvgIpc) is 2.97. The molecule has 0 aliphatic carbocycles. The molecule has 1 aromatic heterocycles. The van der Waals surface area contributed by atoms with Gasteiger partial charge >= 0.3 is 12.1 Å². The van der Waals surface area contributed by atoms with Crippen LogP contribution in [0.4, 0.5) is 13.2 Å². The van der Waals surface area contributed by atoms with E-state index in [0.29, 0.717) is 24.3 Å². The number of methoxy groups -OCH3 is 1. The van der Waals surface area contributed by atoms with E-state index in [9.17, 15) is 18.0 Å². The Bertz CT molecular complexity index is 829. The number of hydrogen-bond acceptors (Lipinski definition) is 4. The number of nitrogens with zero attached hydrogens (tertiary/aromatic N) is 2. The number of halogens is 3. The van der Waals surface area contributed by atoms with Gasteiger partial charge in [0.15, 0.2) is 5.69 Å². The third-order valence-corrected chi connectivity index (χ3v) is 4.40. The van der Waals surface area contributed by atoms with Gasteiger partial charge in [-0.05, 0) is 51.3 Å². The first kappa shape index (κ1) is 21.8. The summed E-state index contributed by atoms with van der Waals surface area (Å²) in [4.78, 5) is 12.2. The standard InChI is InChI=1S/C20H25F3N2O3/c1-5-25-18(13(3)17(24-25)19(26)28-6-2)15-10-9-14(12-16(15)27-4)8-7-11-20(21,22)23/h9-10,12H,5-8,11H2,1-4H3. The molecular formula is C20H25F3N2O3. The summed E-state index contributed by atoms with van der Waals surface area (Å²) in [6, 6.07) is 5.32. The van der Waals surface area contributed by atoms with Crippen LogP contribution in [0.25, 0.3) is 11.3 Å². The van der Waals surface area contributed by atoms with Gasteiger partial charge in [-0.2, -0.15) is 18.3 Å². The van der Waals surface area contributed by atoms with E-state index in [4.69, 9.17) is 9.47 Å². The largest absolute Gasteiger partial charge is 0.496 e. The molecule has 0 N–H and O–H groups in total. The van der Waals surface area contributed by atoms with Gasteiger partial charge in [0.2, 0.25) is 0 Å². The minimum Gasteiger partial charge on any atom is -0.496 e. The summed E-state index contributed by atoms with van der Waals surface area (Å²) >= 11 is 0. The number of alkyl halides is 3. The zero-order chi connectivity index (χ0) is 20.9. The summed E-state index contributed by atoms with van der Waals surface area (Å²) in [5, 5.41) is 4.36. The molecule has 8 heteroatoms. The molecule has 28 heavy (non-hydrogen) atoms. The molecule has 0 unspecified atom stereocenters. The monoisotopic (exact) mass is 398 g/mol. The van der Waals surface area contributed by atoms with E-state index < -0.39 is 18.6 Å². The van der Waals surface area contributed by atoms with Crippen molar-refractivity contribution in [2.75, 3.05) is 13.7 Å². The summed E-state index contributed by atoms with van der Waals surface area (Å²) in [6.07, 6.45) is -4.65. The Morgan fingerprint density at radius 3 is 2.54 bits per heavy atom. The maximum Gasteiger partial charge on any atom is 0.389 e. The van der Waals surface area contributed by atoms with E-state index in [-0.39, 0.29) is 18.7 Å². The summed E-state index contributed by atoms with van der Waals surface area (Å²) in [6.45, 7) is 6.21. The molecule has 0 radical (unpaired) electrons. The molecule has 0 spiro atoms. The van der Waals surface area contributed by atoms with Crippen molar-refractivity contribution in [3.63, 3.8) is 0 Å². The number of aryl methyl sites for hydroxylation is 2. The molecule has 0 aliphatic rings. The molecule has 2 rings (SSSR count). The smallest absolute Gasteiger partial charge is 0.389 e. The molecule has 1 heterocycles. The van der Waals surface area contributed by atoms with Gasteiger partial charge in [-0.15, -0.1) is 0 Å². The molecule has 1 aromatic carbocycles. The predicted molar refractivity (Wildman–Crippen MR) is 99.6 cm³/mol. The van der Waals surface area contributed by atoms with Gasteiger partial charge in [-0.3, -0.25) is 4.68 Å². The van der Waals surface area contributed by atoms with Gasteiger partial charge in [0, 0.05) is 24.1 Å². The Kier molecular flexibility index (Phi) is 7.10. The van der Waals surface area contributed by atoms with Crippen LogP contribution in [0, 0.1) is 6.92 Å². The first-order valence-corrected chi connectivity index (χ1v) is 9.20. The fourth-order valence-electron chi connectivity index (χ4n) is 3.09. The van der Waals surface area contributed by atoms with Crippen molar-refractivity contribution >= 4 is 5.97 Å². The number of hydrogen-bond donors (Lipinski definition) is 0. The highest BCUT2D eigenvalue weighted by molar-refractivity contribution is 5.91. The minimum atomic E-state index is -4.15. The van der Waals surface area contributed by atoms with E-state index in [2.05, 4.69) is 5.10 Å². The van der Waals surface area contributed by atoms with E-state index in [1.165, 1.54) is 7.11 Å². The fraction of sp³-hybridized carbons (Fsp3) is 0.500. The molecule has 154 valence electrons. The Labute approximate surface area is 162 Å². The van der Waals surface area contributed by atoms with Crippen LogP contribution in [0.3, 0.4) is 0 Å².